The number of aromatic hydroxyl groups is 3. The van der Waals surface area contributed by atoms with Crippen molar-refractivity contribution in [2.24, 2.45) is 23.1 Å². The number of Topliss-reactive ketones (excluding diaryl/α,β-unsaturated/α-hetero) is 1. The summed E-state index contributed by atoms with van der Waals surface area (Å²) in [7, 11) is 0. The number of ether oxygens (including phenoxy) is 6. The number of carbonyl (C=O) groups excluding carboxylic acids is 8. The molecule has 0 radical (unpaired) electrons. The van der Waals surface area contributed by atoms with Crippen molar-refractivity contribution in [3.63, 3.8) is 0 Å². The summed E-state index contributed by atoms with van der Waals surface area (Å²) < 4.78 is 37.7. The van der Waals surface area contributed by atoms with Crippen LogP contribution in [0, 0.1) is 5.92 Å². The fourth-order valence-electron chi connectivity index (χ4n) is 12.2. The Labute approximate surface area is 577 Å². The zero-order valence-electron chi connectivity index (χ0n) is 53.3. The standard InChI is InChI=1S/C65H71Cl2N9O24/c1-22(2)11-33(68)57(87)75-48-50(82)25-6-9-37(31(66)13-25)96-39-15-27-16-40(55(39)100-64-53(85)52(84)51(83)41(21-77)98-64)97-38-10-7-26(14-32(38)67)54(99-43-20-65(4,70)56(86)23(3)95-43)49-62(92)74-47(63(93)94)30-17-28(78)18-36(80)44(30)29-12-24(5-8-35(29)79)45(59(89)76-49)73-60(90)46(27)72-58(88)34(19-42(69)81)71-61(48)91/h5-10,12-18,22-23,33-34,41,43,45-54,64,77-80,82-85H,11,19-21,68,70H2,1-4H3,(H2,69,81)(H,71,91)(H,72,88)(H,73,90)(H,74,92)(H,75,87)(H,76,89)(H,93,94). The molecule has 100 heavy (non-hydrogen) atoms. The predicted octanol–water partition coefficient (Wildman–Crippen LogP) is 0.0537. The third kappa shape index (κ3) is 15.3. The van der Waals surface area contributed by atoms with E-state index in [1.807, 2.05) is 0 Å². The van der Waals surface area contributed by atoms with Crippen LogP contribution in [0.4, 0.5) is 0 Å². The normalized spacial score (nSPS) is 28.9. The van der Waals surface area contributed by atoms with E-state index in [0.717, 1.165) is 66.7 Å². The van der Waals surface area contributed by atoms with Crippen molar-refractivity contribution in [2.45, 2.75) is 150 Å². The molecule has 7 heterocycles. The molecule has 0 saturated carbocycles. The average molecular weight is 1430 g/mol. The number of carboxylic acid groups (broad SMARTS) is 1. The molecule has 0 spiro atoms. The summed E-state index contributed by atoms with van der Waals surface area (Å²) in [5.41, 5.74) is 13.9. The Morgan fingerprint density at radius 2 is 1.32 bits per heavy atom. The van der Waals surface area contributed by atoms with E-state index in [-0.39, 0.29) is 39.8 Å². The van der Waals surface area contributed by atoms with E-state index in [9.17, 15) is 69.9 Å². The number of hydrogen-bond acceptors (Lipinski definition) is 25. The second kappa shape index (κ2) is 29.4. The molecule has 17 atom stereocenters. The highest BCUT2D eigenvalue weighted by Gasteiger charge is 2.49. The maximum Gasteiger partial charge on any atom is 0.330 e. The third-order valence-electron chi connectivity index (χ3n) is 17.2. The van der Waals surface area contributed by atoms with E-state index < -0.39 is 243 Å². The summed E-state index contributed by atoms with van der Waals surface area (Å²) in [4.78, 5) is 131. The Hall–Kier alpha value is -9.49. The Kier molecular flexibility index (Phi) is 21.5. The van der Waals surface area contributed by atoms with Crippen LogP contribution in [0.1, 0.15) is 105 Å². The van der Waals surface area contributed by atoms with E-state index in [0.29, 0.717) is 0 Å². The number of nitrogens with one attached hydrogen (secondary N) is 6. The summed E-state index contributed by atoms with van der Waals surface area (Å²) in [6, 6.07) is -1.06. The Morgan fingerprint density at radius 1 is 0.710 bits per heavy atom. The number of carboxylic acids is 1. The zero-order chi connectivity index (χ0) is 72.8. The number of amides is 7. The minimum Gasteiger partial charge on any atom is -0.508 e. The van der Waals surface area contributed by atoms with E-state index in [1.54, 1.807) is 13.8 Å². The number of aliphatic hydroxyl groups excluding tert-OH is 5. The van der Waals surface area contributed by atoms with Crippen molar-refractivity contribution in [3.8, 4) is 57.1 Å². The van der Waals surface area contributed by atoms with Gasteiger partial charge in [-0.1, -0.05) is 55.2 Å². The molecule has 17 unspecified atom stereocenters. The van der Waals surface area contributed by atoms with Crippen LogP contribution < -0.4 is 63.3 Å². The van der Waals surface area contributed by atoms with Crippen molar-refractivity contribution >= 4 is 76.3 Å². The van der Waals surface area contributed by atoms with Gasteiger partial charge in [0.05, 0.1) is 34.7 Å². The number of aliphatic carboxylic acids is 1. The number of primary amides is 1. The maximum absolute atomic E-state index is 16.1. The highest BCUT2D eigenvalue weighted by atomic mass is 35.5. The first-order valence-corrected chi connectivity index (χ1v) is 31.8. The number of carbonyl (C=O) groups is 9. The van der Waals surface area contributed by atoms with Gasteiger partial charge in [0, 0.05) is 29.2 Å². The first-order valence-electron chi connectivity index (χ1n) is 31.0. The van der Waals surface area contributed by atoms with Gasteiger partial charge in [0.2, 0.25) is 53.4 Å². The number of phenolic OH excluding ortho intramolecular Hbond substituents is 3. The van der Waals surface area contributed by atoms with Gasteiger partial charge in [-0.25, -0.2) is 4.79 Å². The molecule has 0 aliphatic carbocycles. The number of rotatable bonds is 12. The molecule has 11 bridgehead atoms. The third-order valence-corrected chi connectivity index (χ3v) is 17.8. The number of aliphatic hydroxyl groups is 5. The molecule has 35 heteroatoms. The SMILES string of the molecule is CC(C)CC(N)C(=O)NC1C(=O)NC(CC(N)=O)C(=O)NC2C(=O)NC3C(=O)NC(C(=O)NC(C(=O)O)c4cc(O)cc(O)c4-c4cc3ccc4O)C(OC3CC(C)(N)C(=O)C(C)O3)c3ccc(c(Cl)c3)Oc3cc2cc(c3OC2OC(CO)C(O)C(O)C2O)Oc2ccc(cc2Cl)C1O. The Bertz CT molecular complexity index is 4110. The molecule has 5 aromatic rings. The molecule has 33 nitrogen and oxygen atoms in total. The smallest absolute Gasteiger partial charge is 0.330 e. The van der Waals surface area contributed by atoms with Gasteiger partial charge in [-0.05, 0) is 103 Å². The summed E-state index contributed by atoms with van der Waals surface area (Å²) in [5, 5.41) is 115. The largest absolute Gasteiger partial charge is 0.508 e. The number of ketones is 1. The average Bonchev–Trinajstić information content (AvgIpc) is 0.769. The Morgan fingerprint density at radius 3 is 1.93 bits per heavy atom. The fourth-order valence-corrected chi connectivity index (χ4v) is 12.6. The van der Waals surface area contributed by atoms with E-state index >= 15 is 19.2 Å². The molecule has 2 fully saturated rings. The predicted molar refractivity (Wildman–Crippen MR) is 343 cm³/mol. The number of benzene rings is 5. The lowest BCUT2D eigenvalue weighted by Crippen LogP contribution is -2.60. The minimum absolute atomic E-state index is 0.0735. The molecule has 534 valence electrons. The summed E-state index contributed by atoms with van der Waals surface area (Å²) >= 11 is 14.2. The minimum atomic E-state index is -2.36. The molecule has 2 saturated heterocycles. The quantitative estimate of drug-likeness (QED) is 0.0785. The first kappa shape index (κ1) is 73.2. The topological polar surface area (TPSA) is 541 Å². The molecule has 21 N–H and O–H groups in total. The van der Waals surface area contributed by atoms with Gasteiger partial charge in [0.1, 0.15) is 102 Å². The molecule has 5 aromatic carbocycles. The van der Waals surface area contributed by atoms with Gasteiger partial charge in [-0.15, -0.1) is 0 Å². The van der Waals surface area contributed by atoms with Crippen molar-refractivity contribution in [1.29, 1.82) is 0 Å². The van der Waals surface area contributed by atoms with E-state index in [2.05, 4.69) is 31.9 Å². The van der Waals surface area contributed by atoms with Crippen LogP contribution in [0.25, 0.3) is 11.1 Å². The second-order valence-corrected chi connectivity index (χ2v) is 26.1. The van der Waals surface area contributed by atoms with Crippen molar-refractivity contribution in [1.82, 2.24) is 31.9 Å². The van der Waals surface area contributed by atoms with Crippen molar-refractivity contribution in [2.75, 3.05) is 6.61 Å². The molecule has 7 aliphatic rings. The molecule has 7 aliphatic heterocycles. The van der Waals surface area contributed by atoms with Crippen LogP contribution in [-0.4, -0.2) is 178 Å². The van der Waals surface area contributed by atoms with Gasteiger partial charge in [-0.3, -0.25) is 38.4 Å². The Balaban J connectivity index is 1.26. The fraction of sp³-hybridized carbons (Fsp3) is 0.400. The second-order valence-electron chi connectivity index (χ2n) is 25.2. The summed E-state index contributed by atoms with van der Waals surface area (Å²) in [6.45, 7) is 5.27. The number of hydrogen-bond donors (Lipinski definition) is 18. The van der Waals surface area contributed by atoms with Gasteiger partial charge in [0.15, 0.2) is 29.6 Å². The number of fused-ring (bicyclic) bond motifs is 15. The molecular weight excluding hydrogens is 1360 g/mol. The highest BCUT2D eigenvalue weighted by Crippen LogP contribution is 2.50. The molecular formula is C65H71Cl2N9O24. The number of halogens is 2. The summed E-state index contributed by atoms with van der Waals surface area (Å²) in [6.07, 6.45) is -18.3. The highest BCUT2D eigenvalue weighted by molar-refractivity contribution is 6.32. The zero-order valence-corrected chi connectivity index (χ0v) is 54.8. The van der Waals surface area contributed by atoms with Gasteiger partial charge < -0.3 is 123 Å². The van der Waals surface area contributed by atoms with Gasteiger partial charge in [0.25, 0.3) is 0 Å². The van der Waals surface area contributed by atoms with Gasteiger partial charge >= 0.3 is 5.97 Å². The lowest BCUT2D eigenvalue weighted by Gasteiger charge is -2.40. The summed E-state index contributed by atoms with van der Waals surface area (Å²) in [5.74, 6) is -17.0. The molecule has 7 amide bonds. The number of phenols is 3. The van der Waals surface area contributed by atoms with Gasteiger partial charge in [-0.2, -0.15) is 0 Å². The van der Waals surface area contributed by atoms with Crippen LogP contribution in [0.2, 0.25) is 10.0 Å². The van der Waals surface area contributed by atoms with Crippen molar-refractivity contribution < 1.29 is 118 Å². The van der Waals surface area contributed by atoms with Crippen LogP contribution in [0.3, 0.4) is 0 Å². The van der Waals surface area contributed by atoms with Crippen LogP contribution in [0.5, 0.6) is 46.0 Å². The lowest BCUT2D eigenvalue weighted by molar-refractivity contribution is -0.277. The molecule has 12 rings (SSSR count). The maximum atomic E-state index is 16.1. The van der Waals surface area contributed by atoms with Crippen LogP contribution in [-0.2, 0) is 57.4 Å². The van der Waals surface area contributed by atoms with Crippen LogP contribution in [0.15, 0.2) is 78.9 Å². The van der Waals surface area contributed by atoms with Crippen molar-refractivity contribution in [3.05, 3.63) is 117 Å². The number of nitrogens with two attached hydrogens (primary N) is 3. The van der Waals surface area contributed by atoms with E-state index in [1.165, 1.54) is 26.0 Å². The first-order chi connectivity index (χ1) is 47.1. The molecule has 0 aromatic heterocycles. The lowest BCUT2D eigenvalue weighted by atomic mass is 9.88. The monoisotopic (exact) mass is 1430 g/mol. The van der Waals surface area contributed by atoms with Crippen LogP contribution >= 0.6 is 23.2 Å². The van der Waals surface area contributed by atoms with E-state index in [4.69, 9.17) is 68.8 Å².